The average molecular weight is 446 g/mol. The third-order valence-corrected chi connectivity index (χ3v) is 6.96. The highest BCUT2D eigenvalue weighted by atomic mass is 35.5. The topological polar surface area (TPSA) is 57.6 Å². The number of carboxylic acids is 1. The van der Waals surface area contributed by atoms with Crippen molar-refractivity contribution < 1.29 is 14.7 Å². The molecular formula is C24H25Cl2NO3. The molecule has 0 radical (unpaired) electrons. The third kappa shape index (κ3) is 4.50. The Morgan fingerprint density at radius 1 is 1.03 bits per heavy atom. The van der Waals surface area contributed by atoms with Gasteiger partial charge in [0.2, 0.25) is 5.91 Å². The van der Waals surface area contributed by atoms with Gasteiger partial charge in [0.05, 0.1) is 12.5 Å². The lowest BCUT2D eigenvalue weighted by Gasteiger charge is -2.47. The van der Waals surface area contributed by atoms with Crippen LogP contribution in [-0.2, 0) is 9.59 Å². The van der Waals surface area contributed by atoms with Gasteiger partial charge in [-0.25, -0.2) is 0 Å². The van der Waals surface area contributed by atoms with Crippen molar-refractivity contribution in [2.45, 2.75) is 44.1 Å². The number of carbonyl (C=O) groups is 2. The van der Waals surface area contributed by atoms with E-state index in [2.05, 4.69) is 0 Å². The molecule has 0 bridgehead atoms. The van der Waals surface area contributed by atoms with Crippen LogP contribution in [0.15, 0.2) is 48.5 Å². The standard InChI is InChI=1S/C24H25Cl2NO3/c25-19-9-7-16(8-10-19)23-21(17-5-2-6-20(26)11-17)12-18(13-22(28)29)24(30)27(23)14-15-3-1-4-15/h2,5-11,15,18,21,23H,1,3-4,12-14H2,(H,28,29)/t18-,21?,23+/m0/s1. The molecule has 2 aromatic rings. The summed E-state index contributed by atoms with van der Waals surface area (Å²) in [7, 11) is 0. The Morgan fingerprint density at radius 2 is 1.77 bits per heavy atom. The Morgan fingerprint density at radius 3 is 2.37 bits per heavy atom. The van der Waals surface area contributed by atoms with Gasteiger partial charge >= 0.3 is 5.97 Å². The van der Waals surface area contributed by atoms with Gasteiger partial charge in [-0.05, 0) is 60.6 Å². The number of carbonyl (C=O) groups excluding carboxylic acids is 1. The van der Waals surface area contributed by atoms with Gasteiger partial charge in [-0.1, -0.05) is 53.9 Å². The molecule has 0 aromatic heterocycles. The van der Waals surface area contributed by atoms with Crippen molar-refractivity contribution in [1.82, 2.24) is 4.90 Å². The number of rotatable bonds is 6. The molecule has 1 aliphatic heterocycles. The Hall–Kier alpha value is -2.04. The van der Waals surface area contributed by atoms with E-state index in [1.54, 1.807) is 0 Å². The molecule has 1 amide bonds. The molecular weight excluding hydrogens is 421 g/mol. The van der Waals surface area contributed by atoms with E-state index in [9.17, 15) is 14.7 Å². The first-order valence-electron chi connectivity index (χ1n) is 10.5. The number of amides is 1. The number of halogens is 2. The maximum Gasteiger partial charge on any atom is 0.304 e. The summed E-state index contributed by atoms with van der Waals surface area (Å²) in [6.45, 7) is 0.666. The van der Waals surface area contributed by atoms with Crippen molar-refractivity contribution in [1.29, 1.82) is 0 Å². The zero-order valence-electron chi connectivity index (χ0n) is 16.6. The first-order valence-corrected chi connectivity index (χ1v) is 11.2. The molecule has 2 aromatic carbocycles. The Bertz CT molecular complexity index is 926. The zero-order chi connectivity index (χ0) is 21.3. The Kier molecular flexibility index (Phi) is 6.35. The second kappa shape index (κ2) is 8.99. The molecule has 6 heteroatoms. The molecule has 1 aliphatic carbocycles. The first-order chi connectivity index (χ1) is 14.4. The van der Waals surface area contributed by atoms with E-state index in [0.717, 1.165) is 24.0 Å². The van der Waals surface area contributed by atoms with E-state index in [-0.39, 0.29) is 24.3 Å². The van der Waals surface area contributed by atoms with Crippen LogP contribution in [0.4, 0.5) is 0 Å². The van der Waals surface area contributed by atoms with Crippen molar-refractivity contribution >= 4 is 35.1 Å². The molecule has 30 heavy (non-hydrogen) atoms. The van der Waals surface area contributed by atoms with Crippen molar-refractivity contribution in [3.63, 3.8) is 0 Å². The summed E-state index contributed by atoms with van der Waals surface area (Å²) in [4.78, 5) is 26.9. The van der Waals surface area contributed by atoms with Gasteiger partial charge in [-0.15, -0.1) is 0 Å². The number of carboxylic acid groups (broad SMARTS) is 1. The lowest BCUT2D eigenvalue weighted by atomic mass is 9.74. The SMILES string of the molecule is O=C(O)C[C@@H]1CC(c2cccc(Cl)c2)[C@@H](c2ccc(Cl)cc2)N(CC2CCC2)C1=O. The summed E-state index contributed by atoms with van der Waals surface area (Å²) in [5, 5.41) is 10.7. The normalized spacial score (nSPS) is 24.5. The van der Waals surface area contributed by atoms with Crippen LogP contribution in [0.25, 0.3) is 0 Å². The summed E-state index contributed by atoms with van der Waals surface area (Å²) in [5.74, 6) is -1.08. The summed E-state index contributed by atoms with van der Waals surface area (Å²) >= 11 is 12.4. The number of hydrogen-bond donors (Lipinski definition) is 1. The van der Waals surface area contributed by atoms with Crippen molar-refractivity contribution in [3.8, 4) is 0 Å². The molecule has 1 unspecified atom stereocenters. The lowest BCUT2D eigenvalue weighted by Crippen LogP contribution is -2.49. The lowest BCUT2D eigenvalue weighted by molar-refractivity contribution is -0.150. The van der Waals surface area contributed by atoms with E-state index in [1.807, 2.05) is 53.4 Å². The van der Waals surface area contributed by atoms with Gasteiger partial charge in [-0.3, -0.25) is 9.59 Å². The first kappa shape index (κ1) is 21.2. The fourth-order valence-corrected chi connectivity index (χ4v) is 5.12. The molecule has 3 atom stereocenters. The molecule has 4 rings (SSSR count). The van der Waals surface area contributed by atoms with Gasteiger partial charge in [0.15, 0.2) is 0 Å². The second-order valence-corrected chi connectivity index (χ2v) is 9.35. The number of piperidine rings is 1. The van der Waals surface area contributed by atoms with E-state index in [1.165, 1.54) is 6.42 Å². The highest BCUT2D eigenvalue weighted by Crippen LogP contribution is 2.47. The monoisotopic (exact) mass is 445 g/mol. The Balaban J connectivity index is 1.78. The van der Waals surface area contributed by atoms with Gasteiger partial charge in [0.25, 0.3) is 0 Å². The molecule has 1 saturated heterocycles. The number of likely N-dealkylation sites (tertiary alicyclic amines) is 1. The predicted octanol–water partition coefficient (Wildman–Crippen LogP) is 5.94. The molecule has 158 valence electrons. The van der Waals surface area contributed by atoms with Crippen LogP contribution in [0.3, 0.4) is 0 Å². The average Bonchev–Trinajstić information content (AvgIpc) is 2.67. The number of nitrogens with zero attached hydrogens (tertiary/aromatic N) is 1. The summed E-state index contributed by atoms with van der Waals surface area (Å²) < 4.78 is 0. The van der Waals surface area contributed by atoms with E-state index < -0.39 is 11.9 Å². The maximum absolute atomic E-state index is 13.4. The van der Waals surface area contributed by atoms with Gasteiger partial charge in [0.1, 0.15) is 0 Å². The minimum absolute atomic E-state index is 0.0352. The quantitative estimate of drug-likeness (QED) is 0.597. The summed E-state index contributed by atoms with van der Waals surface area (Å²) in [6.07, 6.45) is 3.75. The third-order valence-electron chi connectivity index (χ3n) is 6.48. The van der Waals surface area contributed by atoms with Crippen LogP contribution in [0.2, 0.25) is 10.0 Å². The molecule has 1 heterocycles. The molecule has 1 N–H and O–H groups in total. The molecule has 0 spiro atoms. The molecule has 4 nitrogen and oxygen atoms in total. The number of benzene rings is 2. The van der Waals surface area contributed by atoms with Crippen LogP contribution >= 0.6 is 23.2 Å². The smallest absolute Gasteiger partial charge is 0.304 e. The maximum atomic E-state index is 13.4. The fraction of sp³-hybridized carbons (Fsp3) is 0.417. The summed E-state index contributed by atoms with van der Waals surface area (Å²) in [5.41, 5.74) is 2.05. The van der Waals surface area contributed by atoms with Crippen LogP contribution < -0.4 is 0 Å². The van der Waals surface area contributed by atoms with Crippen LogP contribution in [-0.4, -0.2) is 28.4 Å². The van der Waals surface area contributed by atoms with E-state index in [0.29, 0.717) is 28.9 Å². The molecule has 2 fully saturated rings. The molecule has 2 aliphatic rings. The van der Waals surface area contributed by atoms with Gasteiger partial charge in [0, 0.05) is 28.4 Å². The number of aliphatic carboxylic acids is 1. The second-order valence-electron chi connectivity index (χ2n) is 8.48. The highest BCUT2D eigenvalue weighted by molar-refractivity contribution is 6.30. The van der Waals surface area contributed by atoms with E-state index >= 15 is 0 Å². The van der Waals surface area contributed by atoms with Gasteiger partial charge in [-0.2, -0.15) is 0 Å². The minimum atomic E-state index is -0.938. The fourth-order valence-electron chi connectivity index (χ4n) is 4.79. The van der Waals surface area contributed by atoms with Crippen molar-refractivity contribution in [2.75, 3.05) is 6.54 Å². The largest absolute Gasteiger partial charge is 0.481 e. The summed E-state index contributed by atoms with van der Waals surface area (Å²) in [6, 6.07) is 15.2. The Labute approximate surface area is 186 Å². The minimum Gasteiger partial charge on any atom is -0.481 e. The van der Waals surface area contributed by atoms with Crippen LogP contribution in [0.1, 0.15) is 55.2 Å². The highest BCUT2D eigenvalue weighted by Gasteiger charge is 2.44. The van der Waals surface area contributed by atoms with E-state index in [4.69, 9.17) is 23.2 Å². The van der Waals surface area contributed by atoms with Crippen molar-refractivity contribution in [2.24, 2.45) is 11.8 Å². The van der Waals surface area contributed by atoms with Gasteiger partial charge < -0.3 is 10.0 Å². The zero-order valence-corrected chi connectivity index (χ0v) is 18.1. The van der Waals surface area contributed by atoms with Crippen molar-refractivity contribution in [3.05, 3.63) is 69.7 Å². The van der Waals surface area contributed by atoms with Crippen LogP contribution in [0.5, 0.6) is 0 Å². The van der Waals surface area contributed by atoms with Crippen LogP contribution in [0, 0.1) is 11.8 Å². The number of hydrogen-bond acceptors (Lipinski definition) is 2. The predicted molar refractivity (Wildman–Crippen MR) is 118 cm³/mol. The molecule has 1 saturated carbocycles.